The number of nitrogens with one attached hydrogen (secondary N) is 2. The zero-order valence-corrected chi connectivity index (χ0v) is 18.3. The first-order valence-corrected chi connectivity index (χ1v) is 11.1. The summed E-state index contributed by atoms with van der Waals surface area (Å²) in [6.07, 6.45) is 1.62. The number of hydrogen-bond donors (Lipinski definition) is 3. The number of rotatable bonds is 5. The fourth-order valence-corrected chi connectivity index (χ4v) is 5.00. The molecular formula is C22H25N5O3S. The molecule has 0 bridgehead atoms. The third-order valence-electron chi connectivity index (χ3n) is 5.73. The average Bonchev–Trinajstić information content (AvgIpc) is 3.02. The molecule has 2 aromatic heterocycles. The molecule has 1 fully saturated rings. The zero-order chi connectivity index (χ0) is 22.1. The van der Waals surface area contributed by atoms with Crippen LogP contribution in [0.3, 0.4) is 0 Å². The third-order valence-corrected chi connectivity index (χ3v) is 6.84. The second kappa shape index (κ2) is 8.60. The Morgan fingerprint density at radius 2 is 2.16 bits per heavy atom. The van der Waals surface area contributed by atoms with Crippen molar-refractivity contribution in [2.45, 2.75) is 26.7 Å². The fraction of sp³-hybridized carbons (Fsp3) is 0.364. The molecule has 1 aliphatic rings. The second-order valence-corrected chi connectivity index (χ2v) is 9.19. The van der Waals surface area contributed by atoms with Crippen molar-refractivity contribution in [2.75, 3.05) is 25.0 Å². The van der Waals surface area contributed by atoms with Gasteiger partial charge in [0.05, 0.1) is 17.8 Å². The van der Waals surface area contributed by atoms with E-state index in [1.54, 1.807) is 12.1 Å². The molecule has 4 rings (SSSR count). The number of primary amides is 1. The highest BCUT2D eigenvalue weighted by molar-refractivity contribution is 7.18. The minimum Gasteiger partial charge on any atom is -0.369 e. The van der Waals surface area contributed by atoms with E-state index in [4.69, 9.17) is 5.73 Å². The third kappa shape index (κ3) is 4.52. The number of aryl methyl sites for hydroxylation is 2. The van der Waals surface area contributed by atoms with E-state index in [1.165, 1.54) is 11.3 Å². The summed E-state index contributed by atoms with van der Waals surface area (Å²) in [4.78, 5) is 47.8. The number of amides is 2. The van der Waals surface area contributed by atoms with Crippen LogP contribution in [0.25, 0.3) is 21.6 Å². The number of piperidine rings is 1. The van der Waals surface area contributed by atoms with Gasteiger partial charge in [-0.1, -0.05) is 12.1 Å². The van der Waals surface area contributed by atoms with Crippen LogP contribution in [0.1, 0.15) is 23.3 Å². The van der Waals surface area contributed by atoms with Gasteiger partial charge in [0.15, 0.2) is 0 Å². The predicted molar refractivity (Wildman–Crippen MR) is 122 cm³/mol. The molecule has 0 radical (unpaired) electrons. The van der Waals surface area contributed by atoms with Gasteiger partial charge in [-0.05, 0) is 50.9 Å². The summed E-state index contributed by atoms with van der Waals surface area (Å²) in [6.45, 7) is 5.37. The molecular weight excluding hydrogens is 414 g/mol. The maximum Gasteiger partial charge on any atom is 0.260 e. The fourth-order valence-electron chi connectivity index (χ4n) is 3.97. The molecule has 9 heteroatoms. The zero-order valence-electron chi connectivity index (χ0n) is 17.5. The molecule has 3 aromatic rings. The minimum atomic E-state index is -0.313. The smallest absolute Gasteiger partial charge is 0.260 e. The van der Waals surface area contributed by atoms with Crippen LogP contribution in [0.4, 0.5) is 5.69 Å². The summed E-state index contributed by atoms with van der Waals surface area (Å²) in [5.74, 6) is -0.210. The summed E-state index contributed by atoms with van der Waals surface area (Å²) in [5, 5.41) is 3.53. The summed E-state index contributed by atoms with van der Waals surface area (Å²) in [6, 6.07) is 7.23. The van der Waals surface area contributed by atoms with Crippen molar-refractivity contribution in [3.05, 3.63) is 45.1 Å². The van der Waals surface area contributed by atoms with Crippen LogP contribution < -0.4 is 16.6 Å². The number of aromatic amines is 1. The summed E-state index contributed by atoms with van der Waals surface area (Å²) < 4.78 is 0. The van der Waals surface area contributed by atoms with Gasteiger partial charge < -0.3 is 16.0 Å². The minimum absolute atomic E-state index is 0.162. The topological polar surface area (TPSA) is 121 Å². The monoisotopic (exact) mass is 439 g/mol. The second-order valence-electron chi connectivity index (χ2n) is 7.98. The lowest BCUT2D eigenvalue weighted by Crippen LogP contribution is -2.44. The highest BCUT2D eigenvalue weighted by Gasteiger charge is 2.25. The number of anilines is 1. The van der Waals surface area contributed by atoms with Gasteiger partial charge in [0.2, 0.25) is 11.8 Å². The number of likely N-dealkylation sites (tertiary alicyclic amines) is 1. The molecule has 2 amide bonds. The molecule has 0 spiro atoms. The molecule has 162 valence electrons. The number of H-pyrrole nitrogens is 1. The molecule has 31 heavy (non-hydrogen) atoms. The Morgan fingerprint density at radius 3 is 2.94 bits per heavy atom. The molecule has 1 aliphatic heterocycles. The molecule has 8 nitrogen and oxygen atoms in total. The SMILES string of the molecule is Cc1sc2nc(-c3cccc(NC(=O)CN4CCCC(C(N)=O)C4)c3)[nH]c(=O)c2c1C. The van der Waals surface area contributed by atoms with Crippen LogP contribution in [0.5, 0.6) is 0 Å². The number of nitrogens with zero attached hydrogens (tertiary/aromatic N) is 2. The van der Waals surface area contributed by atoms with E-state index in [9.17, 15) is 14.4 Å². The molecule has 0 aliphatic carbocycles. The first-order chi connectivity index (χ1) is 14.8. The standard InChI is InChI=1S/C22H25N5O3S/c1-12-13(2)31-22-18(12)21(30)25-20(26-22)14-5-3-7-16(9-14)24-17(28)11-27-8-4-6-15(10-27)19(23)29/h3,5,7,9,15H,4,6,8,10-11H2,1-2H3,(H2,23,29)(H,24,28)(H,25,26,30). The van der Waals surface area contributed by atoms with E-state index in [-0.39, 0.29) is 29.8 Å². The Balaban J connectivity index is 1.50. The van der Waals surface area contributed by atoms with Crippen molar-refractivity contribution in [2.24, 2.45) is 11.7 Å². The first kappa shape index (κ1) is 21.2. The molecule has 1 saturated heterocycles. The molecule has 1 atom stereocenters. The van der Waals surface area contributed by atoms with Crippen LogP contribution in [-0.2, 0) is 9.59 Å². The van der Waals surface area contributed by atoms with Crippen molar-refractivity contribution in [3.63, 3.8) is 0 Å². The van der Waals surface area contributed by atoms with Gasteiger partial charge in [0.25, 0.3) is 5.56 Å². The lowest BCUT2D eigenvalue weighted by atomic mass is 9.97. The number of carbonyl (C=O) groups is 2. The van der Waals surface area contributed by atoms with Gasteiger partial charge >= 0.3 is 0 Å². The van der Waals surface area contributed by atoms with Crippen LogP contribution in [0.2, 0.25) is 0 Å². The molecule has 1 aromatic carbocycles. The van der Waals surface area contributed by atoms with Crippen LogP contribution in [0.15, 0.2) is 29.1 Å². The van der Waals surface area contributed by atoms with E-state index in [0.29, 0.717) is 33.8 Å². The molecule has 0 saturated carbocycles. The van der Waals surface area contributed by atoms with Crippen LogP contribution in [0, 0.1) is 19.8 Å². The summed E-state index contributed by atoms with van der Waals surface area (Å²) >= 11 is 1.50. The Kier molecular flexibility index (Phi) is 5.88. The molecule has 3 heterocycles. The van der Waals surface area contributed by atoms with Crippen molar-refractivity contribution in [1.29, 1.82) is 0 Å². The average molecular weight is 440 g/mol. The maximum atomic E-state index is 12.6. The Morgan fingerprint density at radius 1 is 1.35 bits per heavy atom. The lowest BCUT2D eigenvalue weighted by Gasteiger charge is -2.30. The van der Waals surface area contributed by atoms with Gasteiger partial charge in [-0.15, -0.1) is 11.3 Å². The van der Waals surface area contributed by atoms with Crippen molar-refractivity contribution < 1.29 is 9.59 Å². The number of thiophene rings is 1. The number of nitrogens with two attached hydrogens (primary N) is 1. The van der Waals surface area contributed by atoms with E-state index in [0.717, 1.165) is 29.8 Å². The van der Waals surface area contributed by atoms with Gasteiger partial charge in [-0.2, -0.15) is 0 Å². The van der Waals surface area contributed by atoms with Gasteiger partial charge in [-0.25, -0.2) is 4.98 Å². The quantitative estimate of drug-likeness (QED) is 0.564. The Labute approximate surface area is 183 Å². The number of fused-ring (bicyclic) bond motifs is 1. The number of aromatic nitrogens is 2. The normalized spacial score (nSPS) is 17.0. The van der Waals surface area contributed by atoms with Crippen LogP contribution >= 0.6 is 11.3 Å². The molecule has 4 N–H and O–H groups in total. The highest BCUT2D eigenvalue weighted by atomic mass is 32.1. The van der Waals surface area contributed by atoms with E-state index >= 15 is 0 Å². The van der Waals surface area contributed by atoms with E-state index in [1.807, 2.05) is 30.9 Å². The van der Waals surface area contributed by atoms with Gasteiger partial charge in [-0.3, -0.25) is 19.3 Å². The van der Waals surface area contributed by atoms with Crippen molar-refractivity contribution in [3.8, 4) is 11.4 Å². The van der Waals surface area contributed by atoms with Crippen molar-refractivity contribution >= 4 is 39.1 Å². The lowest BCUT2D eigenvalue weighted by molar-refractivity contribution is -0.125. The van der Waals surface area contributed by atoms with E-state index in [2.05, 4.69) is 15.3 Å². The number of benzene rings is 1. The molecule has 1 unspecified atom stereocenters. The Bertz CT molecular complexity index is 1220. The highest BCUT2D eigenvalue weighted by Crippen LogP contribution is 2.28. The van der Waals surface area contributed by atoms with Gasteiger partial charge in [0.1, 0.15) is 10.7 Å². The summed E-state index contributed by atoms with van der Waals surface area (Å²) in [7, 11) is 0. The van der Waals surface area contributed by atoms with Crippen LogP contribution in [-0.4, -0.2) is 46.3 Å². The maximum absolute atomic E-state index is 12.6. The van der Waals surface area contributed by atoms with Crippen molar-refractivity contribution in [1.82, 2.24) is 14.9 Å². The summed E-state index contributed by atoms with van der Waals surface area (Å²) in [5.41, 5.74) is 7.54. The number of hydrogen-bond acceptors (Lipinski definition) is 6. The predicted octanol–water partition coefficient (Wildman–Crippen LogP) is 2.40. The first-order valence-electron chi connectivity index (χ1n) is 10.2. The van der Waals surface area contributed by atoms with E-state index < -0.39 is 0 Å². The number of carbonyl (C=O) groups excluding carboxylic acids is 2. The van der Waals surface area contributed by atoms with Gasteiger partial charge in [0, 0.05) is 22.7 Å². The largest absolute Gasteiger partial charge is 0.369 e. The Hall–Kier alpha value is -3.04.